The summed E-state index contributed by atoms with van der Waals surface area (Å²) >= 11 is 4.75. The van der Waals surface area contributed by atoms with E-state index >= 15 is 0 Å². The van der Waals surface area contributed by atoms with Crippen LogP contribution in [0.1, 0.15) is 19.8 Å². The Morgan fingerprint density at radius 2 is 2.44 bits per heavy atom. The molecule has 0 fully saturated rings. The lowest BCUT2D eigenvalue weighted by Crippen LogP contribution is -2.37. The van der Waals surface area contributed by atoms with Gasteiger partial charge in [0.15, 0.2) is 5.03 Å². The van der Waals surface area contributed by atoms with E-state index in [4.69, 9.17) is 18.0 Å². The number of aromatic amines is 1. The van der Waals surface area contributed by atoms with Crippen molar-refractivity contribution in [2.24, 2.45) is 5.73 Å². The van der Waals surface area contributed by atoms with Crippen molar-refractivity contribution in [3.05, 3.63) is 12.3 Å². The van der Waals surface area contributed by atoms with E-state index in [-0.39, 0.29) is 11.1 Å². The number of nitrogens with one attached hydrogen (secondary N) is 2. The Bertz CT molecular complexity index is 441. The molecule has 1 aromatic rings. The first kappa shape index (κ1) is 13.1. The van der Waals surface area contributed by atoms with Gasteiger partial charge in [0.05, 0.1) is 11.2 Å². The molecule has 1 rings (SSSR count). The van der Waals surface area contributed by atoms with Crippen molar-refractivity contribution >= 4 is 27.2 Å². The van der Waals surface area contributed by atoms with Crippen molar-refractivity contribution in [1.82, 2.24) is 14.9 Å². The molecule has 0 saturated carbocycles. The van der Waals surface area contributed by atoms with Crippen LogP contribution in [-0.4, -0.2) is 29.6 Å². The van der Waals surface area contributed by atoms with Gasteiger partial charge in [-0.05, 0) is 12.5 Å². The van der Waals surface area contributed by atoms with Gasteiger partial charge in [-0.25, -0.2) is 13.1 Å². The van der Waals surface area contributed by atoms with Crippen LogP contribution >= 0.6 is 12.2 Å². The van der Waals surface area contributed by atoms with E-state index < -0.39 is 10.0 Å². The number of nitrogens with two attached hydrogens (primary N) is 1. The Kier molecular flexibility index (Phi) is 4.39. The third-order valence-electron chi connectivity index (χ3n) is 2.03. The van der Waals surface area contributed by atoms with Gasteiger partial charge >= 0.3 is 0 Å². The number of H-pyrrole nitrogens is 1. The summed E-state index contributed by atoms with van der Waals surface area (Å²) < 4.78 is 26.1. The van der Waals surface area contributed by atoms with Crippen molar-refractivity contribution in [2.75, 3.05) is 0 Å². The van der Waals surface area contributed by atoms with Crippen LogP contribution in [0.3, 0.4) is 0 Å². The lowest BCUT2D eigenvalue weighted by Gasteiger charge is -2.15. The first-order valence-corrected chi connectivity index (χ1v) is 6.65. The summed E-state index contributed by atoms with van der Waals surface area (Å²) in [5.74, 6) is 0. The van der Waals surface area contributed by atoms with Gasteiger partial charge in [0, 0.05) is 12.5 Å². The third kappa shape index (κ3) is 3.54. The zero-order valence-corrected chi connectivity index (χ0v) is 10.4. The molecule has 4 N–H and O–H groups in total. The van der Waals surface area contributed by atoms with E-state index in [1.54, 1.807) is 0 Å². The molecule has 1 unspecified atom stereocenters. The highest BCUT2D eigenvalue weighted by molar-refractivity contribution is 7.89. The maximum absolute atomic E-state index is 11.8. The highest BCUT2D eigenvalue weighted by Gasteiger charge is 2.20. The second kappa shape index (κ2) is 5.37. The largest absolute Gasteiger partial charge is 0.393 e. The van der Waals surface area contributed by atoms with E-state index in [1.165, 1.54) is 12.3 Å². The fourth-order valence-corrected chi connectivity index (χ4v) is 2.62. The summed E-state index contributed by atoms with van der Waals surface area (Å²) in [7, 11) is -3.56. The molecule has 16 heavy (non-hydrogen) atoms. The summed E-state index contributed by atoms with van der Waals surface area (Å²) in [5, 5.41) is 6.02. The Morgan fingerprint density at radius 3 is 2.88 bits per heavy atom. The summed E-state index contributed by atoms with van der Waals surface area (Å²) in [4.78, 5) is 0.291. The number of sulfonamides is 1. The van der Waals surface area contributed by atoms with Crippen LogP contribution in [0.25, 0.3) is 0 Å². The molecule has 0 saturated heterocycles. The average molecular weight is 262 g/mol. The van der Waals surface area contributed by atoms with Gasteiger partial charge in [0.1, 0.15) is 0 Å². The van der Waals surface area contributed by atoms with Crippen molar-refractivity contribution in [3.8, 4) is 0 Å². The maximum atomic E-state index is 11.8. The molecule has 1 aromatic heterocycles. The number of hydrogen-bond acceptors (Lipinski definition) is 4. The number of thiocarbonyl (C=S) groups is 1. The van der Waals surface area contributed by atoms with Gasteiger partial charge in [-0.1, -0.05) is 19.1 Å². The van der Waals surface area contributed by atoms with Gasteiger partial charge in [0.2, 0.25) is 0 Å². The fraction of sp³-hybridized carbons (Fsp3) is 0.500. The molecule has 0 aliphatic carbocycles. The predicted molar refractivity (Wildman–Crippen MR) is 64.4 cm³/mol. The maximum Gasteiger partial charge on any atom is 0.257 e. The van der Waals surface area contributed by atoms with Crippen LogP contribution in [0.15, 0.2) is 17.3 Å². The first-order chi connectivity index (χ1) is 7.45. The molecule has 0 aromatic carbocycles. The van der Waals surface area contributed by atoms with Crippen molar-refractivity contribution in [1.29, 1.82) is 0 Å². The molecule has 8 heteroatoms. The van der Waals surface area contributed by atoms with E-state index in [1.807, 2.05) is 6.92 Å². The Hall–Kier alpha value is -0.990. The van der Waals surface area contributed by atoms with E-state index in [9.17, 15) is 8.42 Å². The number of nitrogens with zero attached hydrogens (tertiary/aromatic N) is 1. The van der Waals surface area contributed by atoms with Crippen LogP contribution < -0.4 is 10.5 Å². The summed E-state index contributed by atoms with van der Waals surface area (Å²) in [6.45, 7) is 1.86. The summed E-state index contributed by atoms with van der Waals surface area (Å²) in [5.41, 5.74) is 5.38. The zero-order chi connectivity index (χ0) is 12.2. The molecular weight excluding hydrogens is 248 g/mol. The van der Waals surface area contributed by atoms with Gasteiger partial charge in [-0.15, -0.1) is 0 Å². The molecule has 0 radical (unpaired) electrons. The molecule has 0 spiro atoms. The normalized spacial score (nSPS) is 13.6. The number of hydrogen-bond donors (Lipinski definition) is 3. The van der Waals surface area contributed by atoms with Crippen molar-refractivity contribution in [2.45, 2.75) is 30.8 Å². The Balaban J connectivity index is 2.75. The minimum absolute atomic E-state index is 0.0360. The molecule has 0 aliphatic rings. The van der Waals surface area contributed by atoms with Crippen LogP contribution in [0.4, 0.5) is 0 Å². The van der Waals surface area contributed by atoms with E-state index in [0.717, 1.165) is 0 Å². The average Bonchev–Trinajstić information content (AvgIpc) is 2.68. The van der Waals surface area contributed by atoms with Crippen LogP contribution in [0.2, 0.25) is 0 Å². The highest BCUT2D eigenvalue weighted by atomic mass is 32.2. The topological polar surface area (TPSA) is 101 Å². The molecular formula is C8H14N4O2S2. The zero-order valence-electron chi connectivity index (χ0n) is 8.80. The smallest absolute Gasteiger partial charge is 0.257 e. The molecule has 1 heterocycles. The van der Waals surface area contributed by atoms with E-state index in [0.29, 0.717) is 17.8 Å². The fourth-order valence-electron chi connectivity index (χ4n) is 1.19. The lowest BCUT2D eigenvalue weighted by atomic mass is 10.2. The van der Waals surface area contributed by atoms with Crippen molar-refractivity contribution in [3.63, 3.8) is 0 Å². The molecule has 6 nitrogen and oxygen atoms in total. The molecule has 90 valence electrons. The standard InChI is InChI=1S/C8H14N4O2S2/c1-2-6(5-7(9)15)12-16(13,14)8-3-4-10-11-8/h3-4,6,12H,2,5H2,1H3,(H2,9,15)(H,10,11). The highest BCUT2D eigenvalue weighted by Crippen LogP contribution is 2.07. The van der Waals surface area contributed by atoms with Gasteiger partial charge in [-0.2, -0.15) is 5.10 Å². The summed E-state index contributed by atoms with van der Waals surface area (Å²) in [6, 6.07) is 1.10. The lowest BCUT2D eigenvalue weighted by molar-refractivity contribution is 0.543. The Morgan fingerprint density at radius 1 is 1.75 bits per heavy atom. The number of rotatable bonds is 6. The molecule has 0 bridgehead atoms. The van der Waals surface area contributed by atoms with Crippen molar-refractivity contribution < 1.29 is 8.42 Å². The SMILES string of the molecule is CCC(CC(N)=S)NS(=O)(=O)c1ccn[nH]1. The van der Waals surface area contributed by atoms with Crippen LogP contribution in [0.5, 0.6) is 0 Å². The molecule has 0 amide bonds. The predicted octanol–water partition coefficient (Wildman–Crippen LogP) is 0.143. The molecule has 1 atom stereocenters. The summed E-state index contributed by atoms with van der Waals surface area (Å²) in [6.07, 6.45) is 2.34. The quantitative estimate of drug-likeness (QED) is 0.633. The van der Waals surface area contributed by atoms with Gasteiger partial charge < -0.3 is 5.73 Å². The van der Waals surface area contributed by atoms with Crippen LogP contribution in [0, 0.1) is 0 Å². The Labute approximate surface area is 99.7 Å². The minimum atomic E-state index is -3.56. The van der Waals surface area contributed by atoms with Crippen LogP contribution in [-0.2, 0) is 10.0 Å². The first-order valence-electron chi connectivity index (χ1n) is 4.75. The van der Waals surface area contributed by atoms with E-state index in [2.05, 4.69) is 14.9 Å². The molecule has 0 aliphatic heterocycles. The minimum Gasteiger partial charge on any atom is -0.393 e. The number of aromatic nitrogens is 2. The van der Waals surface area contributed by atoms with Gasteiger partial charge in [0.25, 0.3) is 10.0 Å². The second-order valence-electron chi connectivity index (χ2n) is 3.32. The monoisotopic (exact) mass is 262 g/mol. The van der Waals surface area contributed by atoms with Gasteiger partial charge in [-0.3, -0.25) is 5.10 Å². The second-order valence-corrected chi connectivity index (χ2v) is 5.52. The third-order valence-corrected chi connectivity index (χ3v) is 3.64.